The van der Waals surface area contributed by atoms with Crippen molar-refractivity contribution in [3.8, 4) is 17.3 Å². The quantitative estimate of drug-likeness (QED) is 0.761. The monoisotopic (exact) mass is 341 g/mol. The average molecular weight is 341 g/mol. The van der Waals surface area contributed by atoms with Crippen LogP contribution in [0.1, 0.15) is 5.56 Å². The molecule has 0 aliphatic carbocycles. The van der Waals surface area contributed by atoms with Crippen LogP contribution >= 0.6 is 0 Å². The van der Waals surface area contributed by atoms with E-state index < -0.39 is 15.8 Å². The Kier molecular flexibility index (Phi) is 4.06. The van der Waals surface area contributed by atoms with Crippen molar-refractivity contribution < 1.29 is 12.8 Å². The fourth-order valence-electron chi connectivity index (χ4n) is 2.19. The first-order valence-corrected chi connectivity index (χ1v) is 8.44. The van der Waals surface area contributed by atoms with Gasteiger partial charge in [0.25, 0.3) is 10.0 Å². The largest absolute Gasteiger partial charge is 0.360 e. The molecule has 7 heteroatoms. The molecule has 120 valence electrons. The molecule has 0 unspecified atom stereocenters. The van der Waals surface area contributed by atoms with E-state index in [2.05, 4.69) is 9.71 Å². The van der Waals surface area contributed by atoms with Gasteiger partial charge in [-0.3, -0.25) is 4.72 Å². The number of halogens is 1. The summed E-state index contributed by atoms with van der Waals surface area (Å²) in [4.78, 5) is 2.88. The molecule has 0 saturated heterocycles. The summed E-state index contributed by atoms with van der Waals surface area (Å²) >= 11 is 0. The molecule has 0 bridgehead atoms. The molecule has 0 atom stereocenters. The van der Waals surface area contributed by atoms with Crippen LogP contribution in [0.25, 0.3) is 11.3 Å². The number of nitrogens with one attached hydrogen (secondary N) is 2. The Labute approximate surface area is 138 Å². The summed E-state index contributed by atoms with van der Waals surface area (Å²) in [6.07, 6.45) is 1.34. The van der Waals surface area contributed by atoms with Crippen LogP contribution < -0.4 is 4.72 Å². The molecule has 0 spiro atoms. The van der Waals surface area contributed by atoms with Crippen LogP contribution in [0.3, 0.4) is 0 Å². The molecule has 1 aromatic heterocycles. The number of nitrogens with zero attached hydrogens (tertiary/aromatic N) is 1. The summed E-state index contributed by atoms with van der Waals surface area (Å²) in [7, 11) is -3.95. The Bertz CT molecular complexity index is 1020. The van der Waals surface area contributed by atoms with Gasteiger partial charge in [0.2, 0.25) is 0 Å². The summed E-state index contributed by atoms with van der Waals surface area (Å²) < 4.78 is 40.8. The fourth-order valence-corrected chi connectivity index (χ4v) is 3.25. The average Bonchev–Trinajstić information content (AvgIpc) is 3.08. The lowest BCUT2D eigenvalue weighted by atomic mass is 10.2. The lowest BCUT2D eigenvalue weighted by Gasteiger charge is -2.07. The van der Waals surface area contributed by atoms with E-state index in [1.165, 1.54) is 24.4 Å². The van der Waals surface area contributed by atoms with Gasteiger partial charge in [-0.1, -0.05) is 30.3 Å². The van der Waals surface area contributed by atoms with E-state index in [4.69, 9.17) is 5.26 Å². The maximum Gasteiger partial charge on any atom is 0.263 e. The highest BCUT2D eigenvalue weighted by Crippen LogP contribution is 2.24. The molecule has 3 aromatic rings. The minimum Gasteiger partial charge on any atom is -0.360 e. The molecule has 24 heavy (non-hydrogen) atoms. The highest BCUT2D eigenvalue weighted by molar-refractivity contribution is 7.92. The van der Waals surface area contributed by atoms with E-state index >= 15 is 0 Å². The SMILES string of the molecule is N#Cc1ccc(NS(=O)(=O)c2c[nH]c(-c3ccccc3)c2)c(F)c1. The lowest BCUT2D eigenvalue weighted by molar-refractivity contribution is 0.598. The predicted octanol–water partition coefficient (Wildman–Crippen LogP) is 3.49. The van der Waals surface area contributed by atoms with Gasteiger partial charge in [0, 0.05) is 11.9 Å². The number of nitriles is 1. The molecule has 0 aliphatic heterocycles. The standard InChI is InChI=1S/C17H12FN3O2S/c18-15-8-12(10-19)6-7-16(15)21-24(22,23)14-9-17(20-11-14)13-4-2-1-3-5-13/h1-9,11,20-21H. The number of hydrogen-bond acceptors (Lipinski definition) is 3. The number of hydrogen-bond donors (Lipinski definition) is 2. The summed E-state index contributed by atoms with van der Waals surface area (Å²) in [5.41, 5.74) is 1.37. The third kappa shape index (κ3) is 3.14. The Morgan fingerprint density at radius 3 is 2.50 bits per heavy atom. The summed E-state index contributed by atoms with van der Waals surface area (Å²) in [6, 6.07) is 16.0. The van der Waals surface area contributed by atoms with E-state index in [0.29, 0.717) is 5.69 Å². The van der Waals surface area contributed by atoms with Gasteiger partial charge in [0.1, 0.15) is 10.7 Å². The van der Waals surface area contributed by atoms with Crippen molar-refractivity contribution in [1.29, 1.82) is 5.26 Å². The van der Waals surface area contributed by atoms with E-state index in [1.54, 1.807) is 6.07 Å². The third-order valence-electron chi connectivity index (χ3n) is 3.39. The van der Waals surface area contributed by atoms with Crippen molar-refractivity contribution in [2.45, 2.75) is 4.90 Å². The maximum atomic E-state index is 13.9. The first kappa shape index (κ1) is 15.8. The Hall–Kier alpha value is -3.11. The van der Waals surface area contributed by atoms with Crippen molar-refractivity contribution in [2.75, 3.05) is 4.72 Å². The first-order chi connectivity index (χ1) is 11.5. The van der Waals surface area contributed by atoms with E-state index in [-0.39, 0.29) is 16.1 Å². The number of aromatic amines is 1. The number of aromatic nitrogens is 1. The molecule has 5 nitrogen and oxygen atoms in total. The molecule has 0 radical (unpaired) electrons. The van der Waals surface area contributed by atoms with Crippen molar-refractivity contribution >= 4 is 15.7 Å². The van der Waals surface area contributed by atoms with Gasteiger partial charge in [-0.05, 0) is 29.8 Å². The number of benzene rings is 2. The van der Waals surface area contributed by atoms with Crippen LogP contribution in [0.15, 0.2) is 65.7 Å². The first-order valence-electron chi connectivity index (χ1n) is 6.96. The number of H-pyrrole nitrogens is 1. The molecule has 3 rings (SSSR count). The maximum absolute atomic E-state index is 13.9. The second-order valence-electron chi connectivity index (χ2n) is 5.03. The number of sulfonamides is 1. The fraction of sp³-hybridized carbons (Fsp3) is 0. The molecular formula is C17H12FN3O2S. The summed E-state index contributed by atoms with van der Waals surface area (Å²) in [5.74, 6) is -0.809. The van der Waals surface area contributed by atoms with Crippen molar-refractivity contribution in [2.24, 2.45) is 0 Å². The van der Waals surface area contributed by atoms with Gasteiger partial charge in [-0.2, -0.15) is 5.26 Å². The van der Waals surface area contributed by atoms with Gasteiger partial charge in [-0.25, -0.2) is 12.8 Å². The smallest absolute Gasteiger partial charge is 0.263 e. The van der Waals surface area contributed by atoms with Crippen molar-refractivity contribution in [3.63, 3.8) is 0 Å². The molecule has 0 amide bonds. The molecule has 0 aliphatic rings. The highest BCUT2D eigenvalue weighted by Gasteiger charge is 2.18. The van der Waals surface area contributed by atoms with Crippen molar-refractivity contribution in [3.05, 3.63) is 72.2 Å². The molecule has 1 heterocycles. The Balaban J connectivity index is 1.89. The Morgan fingerprint density at radius 1 is 1.08 bits per heavy atom. The van der Waals surface area contributed by atoms with Gasteiger partial charge in [0.15, 0.2) is 0 Å². The number of anilines is 1. The van der Waals surface area contributed by atoms with E-state index in [9.17, 15) is 12.8 Å². The molecule has 0 saturated carbocycles. The molecular weight excluding hydrogens is 329 g/mol. The normalized spacial score (nSPS) is 11.0. The summed E-state index contributed by atoms with van der Waals surface area (Å²) in [5, 5.41) is 8.72. The van der Waals surface area contributed by atoms with E-state index in [1.807, 2.05) is 30.3 Å². The van der Waals surface area contributed by atoms with Crippen LogP contribution in [0, 0.1) is 17.1 Å². The van der Waals surface area contributed by atoms with Gasteiger partial charge in [-0.15, -0.1) is 0 Å². The molecule has 2 aromatic carbocycles. The topological polar surface area (TPSA) is 85.8 Å². The van der Waals surface area contributed by atoms with E-state index in [0.717, 1.165) is 11.6 Å². The summed E-state index contributed by atoms with van der Waals surface area (Å²) in [6.45, 7) is 0. The van der Waals surface area contributed by atoms with Crippen LogP contribution in [-0.4, -0.2) is 13.4 Å². The minimum absolute atomic E-state index is 0.00915. The van der Waals surface area contributed by atoms with Crippen molar-refractivity contribution in [1.82, 2.24) is 4.98 Å². The predicted molar refractivity (Wildman–Crippen MR) is 88.2 cm³/mol. The van der Waals surface area contributed by atoms with Gasteiger partial charge < -0.3 is 4.98 Å². The zero-order chi connectivity index (χ0) is 17.2. The molecule has 2 N–H and O–H groups in total. The zero-order valence-corrected chi connectivity index (χ0v) is 13.1. The van der Waals surface area contributed by atoms with Crippen LogP contribution in [0.4, 0.5) is 10.1 Å². The Morgan fingerprint density at radius 2 is 1.83 bits per heavy atom. The number of rotatable bonds is 4. The second kappa shape index (κ2) is 6.18. The van der Waals surface area contributed by atoms with Crippen LogP contribution in [0.2, 0.25) is 0 Å². The van der Waals surface area contributed by atoms with Crippen LogP contribution in [-0.2, 0) is 10.0 Å². The lowest BCUT2D eigenvalue weighted by Crippen LogP contribution is -2.13. The van der Waals surface area contributed by atoms with Gasteiger partial charge >= 0.3 is 0 Å². The third-order valence-corrected chi connectivity index (χ3v) is 4.74. The zero-order valence-electron chi connectivity index (χ0n) is 12.3. The molecule has 0 fully saturated rings. The second-order valence-corrected chi connectivity index (χ2v) is 6.71. The van der Waals surface area contributed by atoms with Crippen LogP contribution in [0.5, 0.6) is 0 Å². The van der Waals surface area contributed by atoms with Gasteiger partial charge in [0.05, 0.1) is 17.3 Å². The minimum atomic E-state index is -3.95. The highest BCUT2D eigenvalue weighted by atomic mass is 32.2.